The highest BCUT2D eigenvalue weighted by molar-refractivity contribution is 7.90. The fraction of sp³-hybridized carbons (Fsp3) is 0.263. The van der Waals surface area contributed by atoms with Crippen LogP contribution < -0.4 is 15.4 Å². The molecule has 0 aromatic heterocycles. The second-order valence-corrected chi connectivity index (χ2v) is 8.13. The first-order valence-corrected chi connectivity index (χ1v) is 10.6. The Labute approximate surface area is 173 Å². The number of nitro benzene ring substituents is 1. The average molecular weight is 434 g/mol. The van der Waals surface area contributed by atoms with Crippen LogP contribution in [0.3, 0.4) is 0 Å². The van der Waals surface area contributed by atoms with Crippen molar-refractivity contribution in [2.24, 2.45) is 0 Å². The van der Waals surface area contributed by atoms with Crippen molar-refractivity contribution in [1.82, 2.24) is 10.0 Å². The van der Waals surface area contributed by atoms with Crippen molar-refractivity contribution in [2.45, 2.75) is 31.6 Å². The number of carbonyl (C=O) groups is 2. The Hall–Kier alpha value is -3.47. The van der Waals surface area contributed by atoms with Gasteiger partial charge in [-0.25, -0.2) is 17.9 Å². The van der Waals surface area contributed by atoms with Crippen LogP contribution in [0.15, 0.2) is 47.4 Å². The third-order valence-electron chi connectivity index (χ3n) is 4.12. The zero-order valence-electron chi connectivity index (χ0n) is 16.5. The molecule has 10 nitrogen and oxygen atoms in total. The molecule has 0 atom stereocenters. The highest BCUT2D eigenvalue weighted by atomic mass is 32.2. The van der Waals surface area contributed by atoms with E-state index in [4.69, 9.17) is 0 Å². The first-order chi connectivity index (χ1) is 14.1. The summed E-state index contributed by atoms with van der Waals surface area (Å²) in [5.41, 5.74) is 0.798. The molecule has 0 bridgehead atoms. The Kier molecular flexibility index (Phi) is 7.48. The number of urea groups is 1. The predicted octanol–water partition coefficient (Wildman–Crippen LogP) is 2.94. The number of hydrogen-bond acceptors (Lipinski definition) is 6. The van der Waals surface area contributed by atoms with Crippen LogP contribution in [0.5, 0.6) is 0 Å². The second kappa shape index (κ2) is 9.83. The number of nitrogens with zero attached hydrogens (tertiary/aromatic N) is 1. The van der Waals surface area contributed by atoms with Gasteiger partial charge in [0.1, 0.15) is 0 Å². The molecule has 2 aromatic carbocycles. The zero-order chi connectivity index (χ0) is 22.3. The van der Waals surface area contributed by atoms with Crippen LogP contribution in [0.2, 0.25) is 0 Å². The smallest absolute Gasteiger partial charge is 0.328 e. The largest absolute Gasteiger partial charge is 0.337 e. The van der Waals surface area contributed by atoms with E-state index in [0.717, 1.165) is 12.8 Å². The fourth-order valence-electron chi connectivity index (χ4n) is 2.52. The van der Waals surface area contributed by atoms with E-state index in [0.29, 0.717) is 17.8 Å². The molecular formula is C19H22N4O6S. The van der Waals surface area contributed by atoms with Crippen molar-refractivity contribution in [3.63, 3.8) is 0 Å². The fourth-order valence-corrected chi connectivity index (χ4v) is 3.45. The standard InChI is InChI=1S/C19H22N4O6S/c1-3-4-11-20-19(25)22-30(28,29)16-8-6-15(7-9-16)21-18(24)14-5-10-17(23(26)27)13(2)12-14/h5-10,12H,3-4,11H2,1-2H3,(H,21,24)(H2,20,22,25). The van der Waals surface area contributed by atoms with E-state index in [1.807, 2.05) is 11.6 Å². The molecule has 0 heterocycles. The van der Waals surface area contributed by atoms with Gasteiger partial charge in [0.05, 0.1) is 9.82 Å². The molecular weight excluding hydrogens is 412 g/mol. The number of aryl methyl sites for hydroxylation is 1. The highest BCUT2D eigenvalue weighted by Crippen LogP contribution is 2.20. The van der Waals surface area contributed by atoms with Gasteiger partial charge in [-0.3, -0.25) is 14.9 Å². The minimum Gasteiger partial charge on any atom is -0.337 e. The molecule has 0 aliphatic carbocycles. The van der Waals surface area contributed by atoms with E-state index in [1.54, 1.807) is 0 Å². The van der Waals surface area contributed by atoms with Crippen LogP contribution in [0.4, 0.5) is 16.2 Å². The molecule has 3 N–H and O–H groups in total. The van der Waals surface area contributed by atoms with Crippen molar-refractivity contribution in [3.8, 4) is 0 Å². The second-order valence-electron chi connectivity index (χ2n) is 6.45. The van der Waals surface area contributed by atoms with Gasteiger partial charge in [-0.1, -0.05) is 13.3 Å². The number of hydrogen-bond donors (Lipinski definition) is 3. The summed E-state index contributed by atoms with van der Waals surface area (Å²) >= 11 is 0. The monoisotopic (exact) mass is 434 g/mol. The highest BCUT2D eigenvalue weighted by Gasteiger charge is 2.18. The normalized spacial score (nSPS) is 10.9. The van der Waals surface area contributed by atoms with Gasteiger partial charge in [0.2, 0.25) is 0 Å². The lowest BCUT2D eigenvalue weighted by atomic mass is 10.1. The van der Waals surface area contributed by atoms with Gasteiger partial charge in [-0.05, 0) is 49.7 Å². The number of amides is 3. The number of sulfonamides is 1. The molecule has 0 fully saturated rings. The molecule has 11 heteroatoms. The predicted molar refractivity (Wildman–Crippen MR) is 111 cm³/mol. The number of rotatable bonds is 8. The number of nitrogens with one attached hydrogen (secondary N) is 3. The van der Waals surface area contributed by atoms with Gasteiger partial charge >= 0.3 is 6.03 Å². The third-order valence-corrected chi connectivity index (χ3v) is 5.47. The maximum absolute atomic E-state index is 12.3. The molecule has 0 saturated heterocycles. The van der Waals surface area contributed by atoms with Gasteiger partial charge in [0.25, 0.3) is 21.6 Å². The number of benzene rings is 2. The summed E-state index contributed by atoms with van der Waals surface area (Å²) in [4.78, 5) is 34.2. The van der Waals surface area contributed by atoms with E-state index in [-0.39, 0.29) is 16.1 Å². The molecule has 0 unspecified atom stereocenters. The first kappa shape index (κ1) is 22.8. The SMILES string of the molecule is CCCCNC(=O)NS(=O)(=O)c1ccc(NC(=O)c2ccc([N+](=O)[O-])c(C)c2)cc1. The van der Waals surface area contributed by atoms with Crippen molar-refractivity contribution < 1.29 is 22.9 Å². The minimum absolute atomic E-state index is 0.0904. The van der Waals surface area contributed by atoms with E-state index in [1.165, 1.54) is 49.4 Å². The lowest BCUT2D eigenvalue weighted by molar-refractivity contribution is -0.385. The van der Waals surface area contributed by atoms with Gasteiger partial charge in [0.15, 0.2) is 0 Å². The van der Waals surface area contributed by atoms with Crippen LogP contribution in [0.25, 0.3) is 0 Å². The zero-order valence-corrected chi connectivity index (χ0v) is 17.3. The molecule has 3 amide bonds. The van der Waals surface area contributed by atoms with Gasteiger partial charge in [-0.15, -0.1) is 0 Å². The molecule has 160 valence electrons. The topological polar surface area (TPSA) is 148 Å². The summed E-state index contributed by atoms with van der Waals surface area (Å²) in [6.45, 7) is 3.84. The van der Waals surface area contributed by atoms with Crippen LogP contribution in [0.1, 0.15) is 35.7 Å². The average Bonchev–Trinajstić information content (AvgIpc) is 2.67. The van der Waals surface area contributed by atoms with E-state index in [2.05, 4.69) is 10.6 Å². The Morgan fingerprint density at radius 3 is 2.33 bits per heavy atom. The van der Waals surface area contributed by atoms with Gasteiger partial charge in [-0.2, -0.15) is 0 Å². The molecule has 2 rings (SSSR count). The summed E-state index contributed by atoms with van der Waals surface area (Å²) in [5.74, 6) is -0.503. The van der Waals surface area contributed by atoms with Crippen LogP contribution >= 0.6 is 0 Å². The van der Waals surface area contributed by atoms with Crippen LogP contribution in [-0.2, 0) is 10.0 Å². The summed E-state index contributed by atoms with van der Waals surface area (Å²) in [5, 5.41) is 15.9. The number of anilines is 1. The Balaban J connectivity index is 2.05. The van der Waals surface area contributed by atoms with Gasteiger partial charge < -0.3 is 10.6 Å². The van der Waals surface area contributed by atoms with E-state index in [9.17, 15) is 28.1 Å². The van der Waals surface area contributed by atoms with Gasteiger partial charge in [0, 0.05) is 29.4 Å². The molecule has 30 heavy (non-hydrogen) atoms. The summed E-state index contributed by atoms with van der Waals surface area (Å²) in [7, 11) is -4.05. The molecule has 0 saturated carbocycles. The van der Waals surface area contributed by atoms with Crippen molar-refractivity contribution in [2.75, 3.05) is 11.9 Å². The summed E-state index contributed by atoms with van der Waals surface area (Å²) in [6.07, 6.45) is 1.59. The third kappa shape index (κ3) is 6.01. The van der Waals surface area contributed by atoms with Crippen LogP contribution in [-0.4, -0.2) is 31.8 Å². The lowest BCUT2D eigenvalue weighted by Gasteiger charge is -2.10. The summed E-state index contributed by atoms with van der Waals surface area (Å²) in [6, 6.07) is 8.41. The Morgan fingerprint density at radius 1 is 1.10 bits per heavy atom. The lowest BCUT2D eigenvalue weighted by Crippen LogP contribution is -2.39. The maximum atomic E-state index is 12.3. The quantitative estimate of drug-likeness (QED) is 0.330. The minimum atomic E-state index is -4.05. The van der Waals surface area contributed by atoms with Crippen molar-refractivity contribution >= 4 is 33.3 Å². The van der Waals surface area contributed by atoms with Crippen molar-refractivity contribution in [1.29, 1.82) is 0 Å². The van der Waals surface area contributed by atoms with E-state index < -0.39 is 26.9 Å². The molecule has 0 radical (unpaired) electrons. The Bertz CT molecular complexity index is 1050. The molecule has 0 aliphatic rings. The molecule has 0 aliphatic heterocycles. The molecule has 2 aromatic rings. The van der Waals surface area contributed by atoms with Crippen LogP contribution in [0, 0.1) is 17.0 Å². The Morgan fingerprint density at radius 2 is 1.77 bits per heavy atom. The summed E-state index contributed by atoms with van der Waals surface area (Å²) < 4.78 is 26.4. The number of unbranched alkanes of at least 4 members (excludes halogenated alkanes) is 1. The maximum Gasteiger partial charge on any atom is 0.328 e. The number of carbonyl (C=O) groups excluding carboxylic acids is 2. The van der Waals surface area contributed by atoms with Crippen molar-refractivity contribution in [3.05, 3.63) is 63.7 Å². The first-order valence-electron chi connectivity index (χ1n) is 9.11. The number of nitro groups is 1. The molecule has 0 spiro atoms. The van der Waals surface area contributed by atoms with E-state index >= 15 is 0 Å².